The maximum atomic E-state index is 12.8. The number of H-pyrrole nitrogens is 1. The number of nitrogens with two attached hydrogens (primary N) is 1. The zero-order valence-electron chi connectivity index (χ0n) is 21.6. The van der Waals surface area contributed by atoms with E-state index in [0.717, 1.165) is 24.0 Å². The van der Waals surface area contributed by atoms with Gasteiger partial charge in [-0.1, -0.05) is 6.07 Å². The lowest BCUT2D eigenvalue weighted by atomic mass is 9.85. The van der Waals surface area contributed by atoms with Gasteiger partial charge in [0.25, 0.3) is 5.91 Å². The van der Waals surface area contributed by atoms with Gasteiger partial charge in [-0.15, -0.1) is 0 Å². The summed E-state index contributed by atoms with van der Waals surface area (Å²) in [6.07, 6.45) is 9.82. The summed E-state index contributed by atoms with van der Waals surface area (Å²) in [7, 11) is 0. The van der Waals surface area contributed by atoms with Crippen LogP contribution in [0.2, 0.25) is 0 Å². The first-order chi connectivity index (χ1) is 18.8. The van der Waals surface area contributed by atoms with Crippen LogP contribution in [0, 0.1) is 0 Å². The average Bonchev–Trinajstić information content (AvgIpc) is 3.65. The first-order valence-electron chi connectivity index (χ1n) is 12.9. The first kappa shape index (κ1) is 24.7. The molecule has 1 amide bonds. The first-order valence-corrected chi connectivity index (χ1v) is 12.9. The molecule has 0 aromatic carbocycles. The summed E-state index contributed by atoms with van der Waals surface area (Å²) >= 11 is 0. The number of piperidine rings is 1. The van der Waals surface area contributed by atoms with Crippen molar-refractivity contribution >= 4 is 29.1 Å². The number of ketones is 1. The fourth-order valence-electron chi connectivity index (χ4n) is 6.04. The SMILES string of the molecule is CC(=O)OCC(=O)N1[C@@H]2CC[C@H]1C[C@@H](c1nc3c(-c4ccc(-c5ncc[nH]5)nc4)cnn3c(N)c1C(C)=O)C2. The monoisotopic (exact) mass is 528 g/mol. The van der Waals surface area contributed by atoms with Crippen LogP contribution >= 0.6 is 0 Å². The molecule has 200 valence electrons. The van der Waals surface area contributed by atoms with E-state index in [1.807, 2.05) is 17.0 Å². The maximum Gasteiger partial charge on any atom is 0.303 e. The Labute approximate surface area is 223 Å². The number of nitrogens with one attached hydrogen (secondary N) is 1. The summed E-state index contributed by atoms with van der Waals surface area (Å²) in [5.74, 6) is 0.00781. The lowest BCUT2D eigenvalue weighted by Gasteiger charge is -2.39. The van der Waals surface area contributed by atoms with Crippen LogP contribution in [-0.2, 0) is 14.3 Å². The maximum absolute atomic E-state index is 12.8. The van der Waals surface area contributed by atoms with E-state index in [4.69, 9.17) is 15.5 Å². The highest BCUT2D eigenvalue weighted by molar-refractivity contribution is 6.00. The molecule has 2 aliphatic heterocycles. The second-order valence-corrected chi connectivity index (χ2v) is 10.1. The van der Waals surface area contributed by atoms with E-state index in [9.17, 15) is 14.4 Å². The fourth-order valence-corrected chi connectivity index (χ4v) is 6.04. The van der Waals surface area contributed by atoms with Crippen LogP contribution in [0.3, 0.4) is 0 Å². The zero-order chi connectivity index (χ0) is 27.3. The third-order valence-electron chi connectivity index (χ3n) is 7.68. The molecule has 4 aromatic rings. The highest BCUT2D eigenvalue weighted by Gasteiger charge is 2.45. The van der Waals surface area contributed by atoms with Crippen molar-refractivity contribution in [1.82, 2.24) is 34.4 Å². The van der Waals surface area contributed by atoms with Crippen molar-refractivity contribution in [3.63, 3.8) is 0 Å². The lowest BCUT2D eigenvalue weighted by molar-refractivity contribution is -0.152. The van der Waals surface area contributed by atoms with Crippen molar-refractivity contribution in [1.29, 1.82) is 0 Å². The third kappa shape index (κ3) is 4.31. The Morgan fingerprint density at radius 1 is 1.10 bits per heavy atom. The molecule has 4 aromatic heterocycles. The number of nitrogens with zero attached hydrogens (tertiary/aromatic N) is 6. The minimum absolute atomic E-state index is 0.0152. The number of fused-ring (bicyclic) bond motifs is 3. The number of anilines is 1. The summed E-state index contributed by atoms with van der Waals surface area (Å²) in [6, 6.07) is 3.76. The number of esters is 1. The average molecular weight is 529 g/mol. The van der Waals surface area contributed by atoms with Gasteiger partial charge in [0.05, 0.1) is 17.5 Å². The zero-order valence-corrected chi connectivity index (χ0v) is 21.6. The third-order valence-corrected chi connectivity index (χ3v) is 7.68. The molecule has 0 saturated carbocycles. The molecular formula is C27H28N8O4. The van der Waals surface area contributed by atoms with Crippen LogP contribution in [0.25, 0.3) is 28.3 Å². The Balaban J connectivity index is 1.35. The standard InChI is InChI=1S/C27H28N8O4/c1-14(36)23-24(17-9-18-4-5-19(10-17)34(18)22(38)13-39-15(2)37)33-27-20(12-32-35(27)25(23)28)16-3-6-21(31-11-16)26-29-7-8-30-26/h3,6-8,11-12,17-19H,4-5,9-10,13,28H2,1-2H3,(H,29,30)/t17-,18+,19-. The molecular weight excluding hydrogens is 500 g/mol. The Morgan fingerprint density at radius 3 is 2.49 bits per heavy atom. The number of amides is 1. The minimum atomic E-state index is -0.480. The van der Waals surface area contributed by atoms with E-state index >= 15 is 0 Å². The van der Waals surface area contributed by atoms with Crippen molar-refractivity contribution in [3.8, 4) is 22.6 Å². The van der Waals surface area contributed by atoms with Crippen LogP contribution < -0.4 is 5.73 Å². The van der Waals surface area contributed by atoms with Crippen LogP contribution in [0.1, 0.15) is 61.5 Å². The molecule has 3 atom stereocenters. The fraction of sp³-hybridized carbons (Fsp3) is 0.370. The smallest absolute Gasteiger partial charge is 0.303 e. The Hall–Kier alpha value is -4.61. The van der Waals surface area contributed by atoms with E-state index in [1.165, 1.54) is 18.4 Å². The Bertz CT molecular complexity index is 1560. The summed E-state index contributed by atoms with van der Waals surface area (Å²) in [6.45, 7) is 2.52. The number of aromatic amines is 1. The summed E-state index contributed by atoms with van der Waals surface area (Å²) < 4.78 is 6.46. The van der Waals surface area contributed by atoms with E-state index in [2.05, 4.69) is 20.1 Å². The predicted octanol–water partition coefficient (Wildman–Crippen LogP) is 2.77. The molecule has 2 bridgehead atoms. The second kappa shape index (κ2) is 9.61. The van der Waals surface area contributed by atoms with Crippen molar-refractivity contribution in [3.05, 3.63) is 48.2 Å². The highest BCUT2D eigenvalue weighted by atomic mass is 16.5. The van der Waals surface area contributed by atoms with Gasteiger partial charge in [0, 0.05) is 54.6 Å². The van der Waals surface area contributed by atoms with Gasteiger partial charge >= 0.3 is 5.97 Å². The van der Waals surface area contributed by atoms with Gasteiger partial charge in [0.15, 0.2) is 23.9 Å². The Morgan fingerprint density at radius 2 is 1.87 bits per heavy atom. The number of carbonyl (C=O) groups is 3. The van der Waals surface area contributed by atoms with Gasteiger partial charge < -0.3 is 20.4 Å². The van der Waals surface area contributed by atoms with Crippen molar-refractivity contribution < 1.29 is 19.1 Å². The molecule has 0 spiro atoms. The van der Waals surface area contributed by atoms with E-state index in [0.29, 0.717) is 41.3 Å². The van der Waals surface area contributed by atoms with Gasteiger partial charge in [-0.2, -0.15) is 9.61 Å². The molecule has 2 fully saturated rings. The van der Waals surface area contributed by atoms with Gasteiger partial charge in [-0.05, 0) is 38.7 Å². The molecule has 0 unspecified atom stereocenters. The van der Waals surface area contributed by atoms with Crippen LogP contribution in [0.15, 0.2) is 36.9 Å². The summed E-state index contributed by atoms with van der Waals surface area (Å²) in [5.41, 5.74) is 10.3. The topological polar surface area (TPSA) is 161 Å². The number of ether oxygens (including phenoxy) is 1. The number of carbonyl (C=O) groups excluding carboxylic acids is 3. The van der Waals surface area contributed by atoms with Crippen LogP contribution in [0.4, 0.5) is 5.82 Å². The lowest BCUT2D eigenvalue weighted by Crippen LogP contribution is -2.48. The predicted molar refractivity (Wildman–Crippen MR) is 140 cm³/mol. The normalized spacial score (nSPS) is 20.4. The number of aromatic nitrogens is 6. The molecule has 12 nitrogen and oxygen atoms in total. The molecule has 2 saturated heterocycles. The Kier molecular flexibility index (Phi) is 6.09. The van der Waals surface area contributed by atoms with Crippen molar-refractivity contribution in [2.75, 3.05) is 12.3 Å². The number of hydrogen-bond acceptors (Lipinski definition) is 9. The molecule has 3 N–H and O–H groups in total. The largest absolute Gasteiger partial charge is 0.456 e. The van der Waals surface area contributed by atoms with E-state index < -0.39 is 5.97 Å². The van der Waals surface area contributed by atoms with E-state index in [1.54, 1.807) is 24.8 Å². The van der Waals surface area contributed by atoms with E-state index in [-0.39, 0.29) is 42.1 Å². The molecule has 6 rings (SSSR count). The van der Waals surface area contributed by atoms with Gasteiger partial charge in [0.1, 0.15) is 11.5 Å². The molecule has 0 radical (unpaired) electrons. The van der Waals surface area contributed by atoms with Crippen molar-refractivity contribution in [2.45, 2.75) is 57.5 Å². The summed E-state index contributed by atoms with van der Waals surface area (Å²) in [4.78, 5) is 55.5. The number of rotatable bonds is 6. The molecule has 12 heteroatoms. The molecule has 2 aliphatic rings. The van der Waals surface area contributed by atoms with Gasteiger partial charge in [-0.3, -0.25) is 19.4 Å². The second-order valence-electron chi connectivity index (χ2n) is 10.1. The highest BCUT2D eigenvalue weighted by Crippen LogP contribution is 2.44. The quantitative estimate of drug-likeness (QED) is 0.283. The van der Waals surface area contributed by atoms with Crippen molar-refractivity contribution in [2.24, 2.45) is 0 Å². The number of Topliss-reactive ketones (excluding diaryl/α,β-unsaturated/α-hetero) is 1. The van der Waals surface area contributed by atoms with Crippen LogP contribution in [0.5, 0.6) is 0 Å². The number of imidazole rings is 1. The number of nitrogen functional groups attached to an aromatic ring is 1. The van der Waals surface area contributed by atoms with Crippen LogP contribution in [-0.4, -0.2) is 70.8 Å². The minimum Gasteiger partial charge on any atom is -0.456 e. The number of pyridine rings is 1. The molecule has 39 heavy (non-hydrogen) atoms. The molecule has 6 heterocycles. The summed E-state index contributed by atoms with van der Waals surface area (Å²) in [5, 5.41) is 4.44. The van der Waals surface area contributed by atoms with Gasteiger partial charge in [-0.25, -0.2) is 9.97 Å². The number of hydrogen-bond donors (Lipinski definition) is 2. The molecule has 0 aliphatic carbocycles. The van der Waals surface area contributed by atoms with Gasteiger partial charge in [0.2, 0.25) is 0 Å².